The topological polar surface area (TPSA) is 74.7 Å². The van der Waals surface area contributed by atoms with Gasteiger partial charge in [0.05, 0.1) is 3.79 Å². The number of hydrogen-bond donors (Lipinski definition) is 1. The van der Waals surface area contributed by atoms with Crippen molar-refractivity contribution in [1.29, 1.82) is 0 Å². The molecule has 0 radical (unpaired) electrons. The van der Waals surface area contributed by atoms with Crippen molar-refractivity contribution in [2.45, 2.75) is 24.5 Å². The van der Waals surface area contributed by atoms with Crippen molar-refractivity contribution in [3.8, 4) is 0 Å². The number of aliphatic carboxylic acids is 1. The maximum absolute atomic E-state index is 12.3. The van der Waals surface area contributed by atoms with Gasteiger partial charge in [0, 0.05) is 6.54 Å². The first-order chi connectivity index (χ1) is 8.28. The van der Waals surface area contributed by atoms with E-state index < -0.39 is 22.5 Å². The van der Waals surface area contributed by atoms with Crippen molar-refractivity contribution in [2.24, 2.45) is 0 Å². The maximum Gasteiger partial charge on any atom is 0.318 e. The number of halogens is 1. The van der Waals surface area contributed by atoms with Crippen LogP contribution in [0.4, 0.5) is 0 Å². The summed E-state index contributed by atoms with van der Waals surface area (Å²) >= 11 is 4.36. The Morgan fingerprint density at radius 2 is 2.17 bits per heavy atom. The minimum atomic E-state index is -3.72. The smallest absolute Gasteiger partial charge is 0.318 e. The molecule has 0 amide bonds. The first-order valence-electron chi connectivity index (χ1n) is 5.27. The Balaban J connectivity index is 3.12. The van der Waals surface area contributed by atoms with Crippen LogP contribution < -0.4 is 0 Å². The van der Waals surface area contributed by atoms with Crippen LogP contribution in [0.5, 0.6) is 0 Å². The van der Waals surface area contributed by atoms with Gasteiger partial charge in [-0.2, -0.15) is 4.31 Å². The number of thiophene rings is 1. The van der Waals surface area contributed by atoms with E-state index in [2.05, 4.69) is 15.9 Å². The third kappa shape index (κ3) is 3.53. The molecule has 0 unspecified atom stereocenters. The standard InChI is InChI=1S/C10H14BrNO4S2/c1-3-4-12(6-8(13)14)18(15,16)9-5-7(2)10(11)17-9/h5H,3-4,6H2,1-2H3,(H,13,14). The minimum absolute atomic E-state index is 0.168. The van der Waals surface area contributed by atoms with Gasteiger partial charge in [-0.15, -0.1) is 11.3 Å². The average Bonchev–Trinajstić information content (AvgIpc) is 2.59. The Kier molecular flexibility index (Phi) is 5.32. The lowest BCUT2D eigenvalue weighted by atomic mass is 10.4. The van der Waals surface area contributed by atoms with Crippen LogP contribution in [-0.2, 0) is 14.8 Å². The van der Waals surface area contributed by atoms with Crippen molar-refractivity contribution in [3.05, 3.63) is 15.4 Å². The Labute approximate surface area is 119 Å². The van der Waals surface area contributed by atoms with Crippen LogP contribution in [0.25, 0.3) is 0 Å². The number of hydrogen-bond acceptors (Lipinski definition) is 4. The lowest BCUT2D eigenvalue weighted by Gasteiger charge is -2.18. The predicted molar refractivity (Wildman–Crippen MR) is 73.4 cm³/mol. The summed E-state index contributed by atoms with van der Waals surface area (Å²) in [5.74, 6) is -1.15. The monoisotopic (exact) mass is 355 g/mol. The molecule has 1 heterocycles. The largest absolute Gasteiger partial charge is 0.480 e. The molecule has 18 heavy (non-hydrogen) atoms. The third-order valence-corrected chi connectivity index (χ3v) is 6.64. The van der Waals surface area contributed by atoms with Crippen LogP contribution in [0.15, 0.2) is 14.1 Å². The number of carbonyl (C=O) groups is 1. The Morgan fingerprint density at radius 3 is 2.56 bits per heavy atom. The van der Waals surface area contributed by atoms with Crippen molar-refractivity contribution in [1.82, 2.24) is 4.31 Å². The highest BCUT2D eigenvalue weighted by atomic mass is 79.9. The van der Waals surface area contributed by atoms with Crippen LogP contribution in [0, 0.1) is 6.92 Å². The lowest BCUT2D eigenvalue weighted by molar-refractivity contribution is -0.137. The fourth-order valence-corrected chi connectivity index (χ4v) is 5.23. The van der Waals surface area contributed by atoms with E-state index in [1.165, 1.54) is 0 Å². The molecule has 0 aliphatic heterocycles. The number of carboxylic acid groups (broad SMARTS) is 1. The van der Waals surface area contributed by atoms with Crippen molar-refractivity contribution in [3.63, 3.8) is 0 Å². The summed E-state index contributed by atoms with van der Waals surface area (Å²) in [7, 11) is -3.72. The maximum atomic E-state index is 12.3. The van der Waals surface area contributed by atoms with E-state index in [4.69, 9.17) is 5.11 Å². The highest BCUT2D eigenvalue weighted by molar-refractivity contribution is 9.11. The quantitative estimate of drug-likeness (QED) is 0.849. The summed E-state index contributed by atoms with van der Waals surface area (Å²) in [6, 6.07) is 1.55. The van der Waals surface area contributed by atoms with Crippen molar-refractivity contribution < 1.29 is 18.3 Å². The van der Waals surface area contributed by atoms with Gasteiger partial charge in [-0.3, -0.25) is 4.79 Å². The molecule has 0 bridgehead atoms. The second kappa shape index (κ2) is 6.14. The molecule has 0 aliphatic carbocycles. The summed E-state index contributed by atoms with van der Waals surface area (Å²) in [5.41, 5.74) is 0.824. The van der Waals surface area contributed by atoms with Crippen molar-refractivity contribution >= 4 is 43.3 Å². The normalized spacial score (nSPS) is 12.0. The number of sulfonamides is 1. The summed E-state index contributed by atoms with van der Waals surface area (Å²) < 4.78 is 26.5. The minimum Gasteiger partial charge on any atom is -0.480 e. The molecule has 0 saturated carbocycles. The summed E-state index contributed by atoms with van der Waals surface area (Å²) in [4.78, 5) is 10.7. The first-order valence-corrected chi connectivity index (χ1v) is 8.32. The van der Waals surface area contributed by atoms with E-state index in [1.54, 1.807) is 19.9 Å². The van der Waals surface area contributed by atoms with Gasteiger partial charge in [0.1, 0.15) is 10.8 Å². The Bertz CT molecular complexity index is 519. The molecule has 1 N–H and O–H groups in total. The fourth-order valence-electron chi connectivity index (χ4n) is 1.37. The van der Waals surface area contributed by atoms with Gasteiger partial charge in [-0.25, -0.2) is 8.42 Å². The third-order valence-electron chi connectivity index (χ3n) is 2.21. The second-order valence-corrected chi connectivity index (χ2v) is 8.29. The van der Waals surface area contributed by atoms with Crippen LogP contribution in [0.2, 0.25) is 0 Å². The molecule has 1 aromatic heterocycles. The summed E-state index contributed by atoms with van der Waals surface area (Å²) in [6.45, 7) is 3.29. The zero-order chi connectivity index (χ0) is 13.9. The van der Waals surface area contributed by atoms with Gasteiger partial charge < -0.3 is 5.11 Å². The molecule has 1 rings (SSSR count). The highest BCUT2D eigenvalue weighted by Gasteiger charge is 2.27. The molecule has 0 atom stereocenters. The van der Waals surface area contributed by atoms with Crippen LogP contribution in [0.1, 0.15) is 18.9 Å². The van der Waals surface area contributed by atoms with Crippen LogP contribution in [0.3, 0.4) is 0 Å². The van der Waals surface area contributed by atoms with E-state index in [0.717, 1.165) is 25.0 Å². The summed E-state index contributed by atoms with van der Waals surface area (Å²) in [5, 5.41) is 8.77. The second-order valence-electron chi connectivity index (χ2n) is 3.75. The van der Waals surface area contributed by atoms with Gasteiger partial charge in [0.25, 0.3) is 10.0 Å². The first kappa shape index (κ1) is 15.6. The Morgan fingerprint density at radius 1 is 1.56 bits per heavy atom. The molecule has 0 spiro atoms. The SMILES string of the molecule is CCCN(CC(=O)O)S(=O)(=O)c1cc(C)c(Br)s1. The fraction of sp³-hybridized carbons (Fsp3) is 0.500. The molecule has 5 nitrogen and oxygen atoms in total. The van der Waals surface area contributed by atoms with E-state index in [0.29, 0.717) is 6.42 Å². The number of rotatable bonds is 6. The average molecular weight is 356 g/mol. The van der Waals surface area contributed by atoms with Crippen LogP contribution in [-0.4, -0.2) is 36.9 Å². The van der Waals surface area contributed by atoms with Gasteiger partial charge in [-0.1, -0.05) is 6.92 Å². The van der Waals surface area contributed by atoms with Gasteiger partial charge >= 0.3 is 5.97 Å². The zero-order valence-corrected chi connectivity index (χ0v) is 13.2. The number of nitrogens with zero attached hydrogens (tertiary/aromatic N) is 1. The van der Waals surface area contributed by atoms with E-state index in [1.807, 2.05) is 0 Å². The molecular weight excluding hydrogens is 342 g/mol. The number of aryl methyl sites for hydroxylation is 1. The Hall–Kier alpha value is -0.440. The molecule has 0 aromatic carbocycles. The van der Waals surface area contributed by atoms with Crippen molar-refractivity contribution in [2.75, 3.05) is 13.1 Å². The molecule has 0 fully saturated rings. The van der Waals surface area contributed by atoms with Gasteiger partial charge in [0.15, 0.2) is 0 Å². The molecule has 0 aliphatic rings. The number of carboxylic acids is 1. The highest BCUT2D eigenvalue weighted by Crippen LogP contribution is 2.32. The van der Waals surface area contributed by atoms with Gasteiger partial charge in [-0.05, 0) is 40.9 Å². The summed E-state index contributed by atoms with van der Waals surface area (Å²) in [6.07, 6.45) is 0.567. The van der Waals surface area contributed by atoms with E-state index in [-0.39, 0.29) is 10.8 Å². The lowest BCUT2D eigenvalue weighted by Crippen LogP contribution is -2.35. The van der Waals surface area contributed by atoms with Crippen LogP contribution >= 0.6 is 27.3 Å². The molecule has 0 saturated heterocycles. The van der Waals surface area contributed by atoms with E-state index in [9.17, 15) is 13.2 Å². The molecule has 102 valence electrons. The zero-order valence-electron chi connectivity index (χ0n) is 10.0. The van der Waals surface area contributed by atoms with Gasteiger partial charge in [0.2, 0.25) is 0 Å². The predicted octanol–water partition coefficient (Wildman–Crippen LogP) is 2.30. The van der Waals surface area contributed by atoms with E-state index >= 15 is 0 Å². The molecular formula is C10H14BrNO4S2. The molecule has 8 heteroatoms. The molecule has 1 aromatic rings.